The number of hydrogen-bond donors (Lipinski definition) is 0. The van der Waals surface area contributed by atoms with Crippen molar-refractivity contribution in [1.29, 1.82) is 0 Å². The van der Waals surface area contributed by atoms with Gasteiger partial charge in [-0.25, -0.2) is 0 Å². The Morgan fingerprint density at radius 2 is 0.854 bits per heavy atom. The summed E-state index contributed by atoms with van der Waals surface area (Å²) in [6.45, 7) is 8.04. The van der Waals surface area contributed by atoms with E-state index in [1.165, 1.54) is 22.7 Å². The van der Waals surface area contributed by atoms with Crippen molar-refractivity contribution < 1.29 is 42.1 Å². The van der Waals surface area contributed by atoms with E-state index in [0.29, 0.717) is 0 Å². The van der Waals surface area contributed by atoms with Gasteiger partial charge in [0, 0.05) is 77.5 Å². The average Bonchev–Trinajstić information content (AvgIpc) is 3.85. The number of hydrogen-bond acceptors (Lipinski definition) is 6. The molecule has 0 amide bonds. The molecule has 0 fully saturated rings. The van der Waals surface area contributed by atoms with Gasteiger partial charge in [-0.2, -0.15) is 74.0 Å². The summed E-state index contributed by atoms with van der Waals surface area (Å²) >= 11 is 0. The fourth-order valence-electron chi connectivity index (χ4n) is 4.97. The molecule has 0 atom stereocenters. The molecular formula is C38H38N8Pt2-6. The molecule has 0 bridgehead atoms. The van der Waals surface area contributed by atoms with Crippen LogP contribution in [-0.2, 0) is 56.2 Å². The third kappa shape index (κ3) is 9.95. The molecule has 2 aliphatic heterocycles. The Balaban J connectivity index is 0.000000183. The number of benzene rings is 4. The standard InChI is InChI=1S/2C14H12N2.2C5H7N2.2Pt/c2*1-15-11-16(12-7-3-2-4-8-12)14-10-6-5-9-13(14)15;2*1-5-3-7(2)4-6-5;;/h2*2-7,9-11H,1H3;2*3H,1-2H3;;/q2*-2;2*-1;;. The van der Waals surface area contributed by atoms with E-state index < -0.39 is 0 Å². The smallest absolute Gasteiger partial charge is 0.0326 e. The Hall–Kier alpha value is -4.12. The first-order valence-corrected chi connectivity index (χ1v) is 14.9. The normalized spacial score (nSPS) is 12.1. The summed E-state index contributed by atoms with van der Waals surface area (Å²) in [6.07, 6.45) is 9.30. The third-order valence-electron chi connectivity index (χ3n) is 7.05. The van der Waals surface area contributed by atoms with E-state index in [-0.39, 0.29) is 42.1 Å². The Labute approximate surface area is 314 Å². The van der Waals surface area contributed by atoms with Gasteiger partial charge in [-0.1, -0.05) is 38.1 Å². The van der Waals surface area contributed by atoms with Crippen molar-refractivity contribution in [2.24, 2.45) is 14.1 Å². The Morgan fingerprint density at radius 1 is 0.500 bits per heavy atom. The molecule has 8 nitrogen and oxygen atoms in total. The SMILES string of the molecule is CN1[CH-]N(c2[c-]cccc2)c2ccccc21.CN1[CH-]N(c2[c-]cccc2)c2ccccc21.Cc1cn(C)[c-]n1.Cc1cn(C)[c-]n1.[Pt].[Pt]. The molecule has 4 heterocycles. The van der Waals surface area contributed by atoms with Crippen LogP contribution in [0.1, 0.15) is 11.4 Å². The van der Waals surface area contributed by atoms with Crippen LogP contribution < -0.4 is 19.6 Å². The average molecular weight is 997 g/mol. The fraction of sp³-hybridized carbons (Fsp3) is 0.158. The Morgan fingerprint density at radius 3 is 1.12 bits per heavy atom. The number of imidazole rings is 2. The van der Waals surface area contributed by atoms with Gasteiger partial charge in [0.2, 0.25) is 0 Å². The topological polar surface area (TPSA) is 48.6 Å². The quantitative estimate of drug-likeness (QED) is 0.168. The van der Waals surface area contributed by atoms with Crippen LogP contribution in [0.2, 0.25) is 0 Å². The zero-order valence-corrected chi connectivity index (χ0v) is 32.3. The van der Waals surface area contributed by atoms with Crippen LogP contribution in [0.3, 0.4) is 0 Å². The summed E-state index contributed by atoms with van der Waals surface area (Å²) in [4.78, 5) is 16.2. The number of anilines is 6. The van der Waals surface area contributed by atoms with Crippen molar-refractivity contribution in [3.8, 4) is 0 Å². The van der Waals surface area contributed by atoms with E-state index in [9.17, 15) is 0 Å². The summed E-state index contributed by atoms with van der Waals surface area (Å²) in [5, 5.41) is 0. The first-order chi connectivity index (χ1) is 22.3. The molecule has 0 unspecified atom stereocenters. The molecule has 0 spiro atoms. The predicted molar refractivity (Wildman–Crippen MR) is 187 cm³/mol. The molecule has 256 valence electrons. The summed E-state index contributed by atoms with van der Waals surface area (Å²) in [6, 6.07) is 39.2. The van der Waals surface area contributed by atoms with E-state index in [1.807, 2.05) is 76.7 Å². The molecule has 0 radical (unpaired) electrons. The maximum Gasteiger partial charge on any atom is 0.0326 e. The first-order valence-electron chi connectivity index (χ1n) is 14.9. The molecule has 0 saturated carbocycles. The predicted octanol–water partition coefficient (Wildman–Crippen LogP) is 7.44. The molecule has 0 N–H and O–H groups in total. The maximum atomic E-state index is 3.85. The molecule has 48 heavy (non-hydrogen) atoms. The van der Waals surface area contributed by atoms with E-state index >= 15 is 0 Å². The number of para-hydroxylation sites is 6. The zero-order valence-electron chi connectivity index (χ0n) is 27.8. The minimum atomic E-state index is 0. The van der Waals surface area contributed by atoms with Crippen LogP contribution in [0.4, 0.5) is 34.1 Å². The van der Waals surface area contributed by atoms with Crippen molar-refractivity contribution in [3.63, 3.8) is 0 Å². The molecular weight excluding hydrogens is 959 g/mol. The maximum absolute atomic E-state index is 3.85. The molecule has 2 aliphatic rings. The number of fused-ring (bicyclic) bond motifs is 2. The van der Waals surface area contributed by atoms with Crippen LogP contribution in [0, 0.1) is 52.0 Å². The van der Waals surface area contributed by atoms with Gasteiger partial charge in [-0.05, 0) is 52.5 Å². The van der Waals surface area contributed by atoms with Crippen LogP contribution in [0.15, 0.2) is 109 Å². The van der Waals surface area contributed by atoms with E-state index in [0.717, 1.165) is 22.8 Å². The molecule has 4 aromatic carbocycles. The zero-order chi connectivity index (χ0) is 32.5. The second-order valence-corrected chi connectivity index (χ2v) is 10.9. The first kappa shape index (κ1) is 38.3. The number of rotatable bonds is 2. The summed E-state index contributed by atoms with van der Waals surface area (Å²) in [5.74, 6) is 0. The minimum Gasteiger partial charge on any atom is -0.504 e. The summed E-state index contributed by atoms with van der Waals surface area (Å²) in [5.41, 5.74) is 9.02. The van der Waals surface area contributed by atoms with Gasteiger partial charge < -0.3 is 38.7 Å². The largest absolute Gasteiger partial charge is 0.504 e. The Kier molecular flexibility index (Phi) is 14.7. The molecule has 10 heteroatoms. The number of aromatic nitrogens is 4. The number of aryl methyl sites for hydroxylation is 4. The monoisotopic (exact) mass is 996 g/mol. The molecule has 8 rings (SSSR count). The minimum absolute atomic E-state index is 0. The Bertz CT molecular complexity index is 1640. The van der Waals surface area contributed by atoms with Crippen molar-refractivity contribution in [2.45, 2.75) is 13.8 Å². The second-order valence-electron chi connectivity index (χ2n) is 10.9. The van der Waals surface area contributed by atoms with E-state index in [4.69, 9.17) is 0 Å². The van der Waals surface area contributed by atoms with Crippen LogP contribution >= 0.6 is 0 Å². The van der Waals surface area contributed by atoms with Crippen molar-refractivity contribution in [2.75, 3.05) is 33.7 Å². The third-order valence-corrected chi connectivity index (χ3v) is 7.05. The van der Waals surface area contributed by atoms with Gasteiger partial charge in [-0.15, -0.1) is 35.2 Å². The molecule has 0 saturated heterocycles. The molecule has 0 aliphatic carbocycles. The van der Waals surface area contributed by atoms with Crippen molar-refractivity contribution >= 4 is 34.1 Å². The van der Waals surface area contributed by atoms with Gasteiger partial charge >= 0.3 is 0 Å². The second kappa shape index (κ2) is 18.4. The van der Waals surface area contributed by atoms with E-state index in [2.05, 4.69) is 142 Å². The van der Waals surface area contributed by atoms with Gasteiger partial charge in [0.1, 0.15) is 0 Å². The van der Waals surface area contributed by atoms with Crippen LogP contribution in [0.25, 0.3) is 0 Å². The summed E-state index contributed by atoms with van der Waals surface area (Å²) in [7, 11) is 7.92. The van der Waals surface area contributed by atoms with Gasteiger partial charge in [0.15, 0.2) is 0 Å². The van der Waals surface area contributed by atoms with Crippen molar-refractivity contribution in [3.05, 3.63) is 159 Å². The summed E-state index contributed by atoms with van der Waals surface area (Å²) < 4.78 is 3.60. The fourth-order valence-corrected chi connectivity index (χ4v) is 4.97. The van der Waals surface area contributed by atoms with Gasteiger partial charge in [-0.3, -0.25) is 0 Å². The van der Waals surface area contributed by atoms with Gasteiger partial charge in [0.25, 0.3) is 0 Å². The number of nitrogens with zero attached hydrogens (tertiary/aromatic N) is 8. The van der Waals surface area contributed by atoms with Gasteiger partial charge in [0.05, 0.1) is 0 Å². The molecule has 2 aromatic heterocycles. The van der Waals surface area contributed by atoms with Crippen LogP contribution in [0.5, 0.6) is 0 Å². The van der Waals surface area contributed by atoms with Crippen LogP contribution in [-0.4, -0.2) is 33.2 Å². The van der Waals surface area contributed by atoms with E-state index in [1.54, 1.807) is 9.13 Å². The molecule has 6 aromatic rings. The van der Waals surface area contributed by atoms with Crippen molar-refractivity contribution in [1.82, 2.24) is 19.1 Å².